The molecule has 1 aromatic heterocycles. The predicted molar refractivity (Wildman–Crippen MR) is 102 cm³/mol. The van der Waals surface area contributed by atoms with E-state index in [9.17, 15) is 4.79 Å². The molecule has 0 aliphatic heterocycles. The van der Waals surface area contributed by atoms with Gasteiger partial charge in [-0.2, -0.15) is 0 Å². The van der Waals surface area contributed by atoms with Crippen molar-refractivity contribution in [2.45, 2.75) is 37.5 Å². The molecule has 0 saturated carbocycles. The van der Waals surface area contributed by atoms with Gasteiger partial charge < -0.3 is 4.98 Å². The molecule has 0 spiro atoms. The van der Waals surface area contributed by atoms with Gasteiger partial charge in [0.1, 0.15) is 0 Å². The number of thioether (sulfide) groups is 1. The van der Waals surface area contributed by atoms with Crippen LogP contribution in [0, 0.1) is 0 Å². The SMILES string of the molecule is CCCCCCSc1ccc2c(=O)c3ccc(Cl)cc3[nH]c2c1. The first-order chi connectivity index (χ1) is 11.2. The van der Waals surface area contributed by atoms with Gasteiger partial charge in [0, 0.05) is 20.7 Å². The minimum atomic E-state index is 0.0601. The fraction of sp³-hybridized carbons (Fsp3) is 0.316. The third-order valence-electron chi connectivity index (χ3n) is 4.00. The van der Waals surface area contributed by atoms with Crippen LogP contribution >= 0.6 is 23.4 Å². The van der Waals surface area contributed by atoms with Gasteiger partial charge in [-0.3, -0.25) is 4.79 Å². The Hall–Kier alpha value is -1.45. The molecule has 0 atom stereocenters. The molecule has 23 heavy (non-hydrogen) atoms. The molecule has 0 fully saturated rings. The number of aromatic nitrogens is 1. The van der Waals surface area contributed by atoms with Gasteiger partial charge in [-0.15, -0.1) is 11.8 Å². The van der Waals surface area contributed by atoms with Crippen LogP contribution in [0.4, 0.5) is 0 Å². The van der Waals surface area contributed by atoms with Crippen molar-refractivity contribution in [1.29, 1.82) is 0 Å². The lowest BCUT2D eigenvalue weighted by Gasteiger charge is -2.06. The van der Waals surface area contributed by atoms with Crippen molar-refractivity contribution >= 4 is 45.2 Å². The maximum Gasteiger partial charge on any atom is 0.197 e. The van der Waals surface area contributed by atoms with Crippen molar-refractivity contribution in [1.82, 2.24) is 4.98 Å². The summed E-state index contributed by atoms with van der Waals surface area (Å²) >= 11 is 7.89. The van der Waals surface area contributed by atoms with E-state index >= 15 is 0 Å². The van der Waals surface area contributed by atoms with Crippen molar-refractivity contribution in [3.05, 3.63) is 51.6 Å². The second-order valence-electron chi connectivity index (χ2n) is 5.76. The van der Waals surface area contributed by atoms with Crippen LogP contribution in [0.2, 0.25) is 5.02 Å². The Labute approximate surface area is 145 Å². The number of nitrogens with one attached hydrogen (secondary N) is 1. The summed E-state index contributed by atoms with van der Waals surface area (Å²) in [6.45, 7) is 2.23. The van der Waals surface area contributed by atoms with Crippen molar-refractivity contribution in [2.75, 3.05) is 5.75 Å². The molecule has 0 unspecified atom stereocenters. The Morgan fingerprint density at radius 3 is 2.52 bits per heavy atom. The molecule has 1 heterocycles. The first kappa shape index (κ1) is 16.4. The molecular formula is C19H20ClNOS. The topological polar surface area (TPSA) is 32.9 Å². The second kappa shape index (κ2) is 7.41. The Kier molecular flexibility index (Phi) is 5.29. The lowest BCUT2D eigenvalue weighted by molar-refractivity contribution is 0.706. The maximum absolute atomic E-state index is 12.6. The first-order valence-corrected chi connectivity index (χ1v) is 9.43. The summed E-state index contributed by atoms with van der Waals surface area (Å²) in [4.78, 5) is 17.1. The zero-order valence-electron chi connectivity index (χ0n) is 13.2. The van der Waals surface area contributed by atoms with E-state index in [4.69, 9.17) is 11.6 Å². The summed E-state index contributed by atoms with van der Waals surface area (Å²) in [6.07, 6.45) is 5.09. The van der Waals surface area contributed by atoms with Gasteiger partial charge in [0.05, 0.1) is 11.0 Å². The number of H-pyrrole nitrogens is 1. The van der Waals surface area contributed by atoms with Crippen LogP contribution in [0.25, 0.3) is 21.8 Å². The molecular weight excluding hydrogens is 326 g/mol. The summed E-state index contributed by atoms with van der Waals surface area (Å²) in [7, 11) is 0. The molecule has 3 aromatic rings. The number of rotatable bonds is 6. The van der Waals surface area contributed by atoms with Crippen LogP contribution in [0.3, 0.4) is 0 Å². The van der Waals surface area contributed by atoms with E-state index in [2.05, 4.69) is 18.0 Å². The molecule has 0 saturated heterocycles. The molecule has 0 radical (unpaired) electrons. The fourth-order valence-electron chi connectivity index (χ4n) is 2.74. The number of aromatic amines is 1. The fourth-order valence-corrected chi connectivity index (χ4v) is 3.86. The molecule has 1 N–H and O–H groups in total. The molecule has 0 aliphatic rings. The predicted octanol–water partition coefficient (Wildman–Crippen LogP) is 6.01. The average molecular weight is 346 g/mol. The molecule has 120 valence electrons. The highest BCUT2D eigenvalue weighted by atomic mass is 35.5. The van der Waals surface area contributed by atoms with E-state index in [0.29, 0.717) is 10.4 Å². The minimum absolute atomic E-state index is 0.0601. The monoisotopic (exact) mass is 345 g/mol. The Morgan fingerprint density at radius 1 is 1.00 bits per heavy atom. The molecule has 2 nitrogen and oxygen atoms in total. The summed E-state index contributed by atoms with van der Waals surface area (Å²) in [5.41, 5.74) is 1.73. The normalized spacial score (nSPS) is 11.4. The van der Waals surface area contributed by atoms with Gasteiger partial charge in [0.15, 0.2) is 5.43 Å². The zero-order chi connectivity index (χ0) is 16.2. The number of halogens is 1. The lowest BCUT2D eigenvalue weighted by atomic mass is 10.1. The summed E-state index contributed by atoms with van der Waals surface area (Å²) in [5, 5.41) is 2.05. The highest BCUT2D eigenvalue weighted by Crippen LogP contribution is 2.25. The van der Waals surface area contributed by atoms with Crippen LogP contribution < -0.4 is 5.43 Å². The quantitative estimate of drug-likeness (QED) is 0.337. The molecule has 3 rings (SSSR count). The minimum Gasteiger partial charge on any atom is -0.354 e. The Bertz CT molecular complexity index is 888. The van der Waals surface area contributed by atoms with Crippen molar-refractivity contribution in [3.8, 4) is 0 Å². The van der Waals surface area contributed by atoms with E-state index < -0.39 is 0 Å². The highest BCUT2D eigenvalue weighted by Gasteiger charge is 2.07. The lowest BCUT2D eigenvalue weighted by Crippen LogP contribution is -2.04. The van der Waals surface area contributed by atoms with E-state index in [1.807, 2.05) is 30.0 Å². The molecule has 0 amide bonds. The van der Waals surface area contributed by atoms with E-state index in [1.54, 1.807) is 12.1 Å². The molecule has 0 aliphatic carbocycles. The second-order valence-corrected chi connectivity index (χ2v) is 7.37. The largest absolute Gasteiger partial charge is 0.354 e. The third-order valence-corrected chi connectivity index (χ3v) is 5.31. The summed E-state index contributed by atoms with van der Waals surface area (Å²) in [5.74, 6) is 1.12. The van der Waals surface area contributed by atoms with Crippen LogP contribution in [0.5, 0.6) is 0 Å². The van der Waals surface area contributed by atoms with Crippen LogP contribution in [-0.4, -0.2) is 10.7 Å². The van der Waals surface area contributed by atoms with Crippen molar-refractivity contribution in [3.63, 3.8) is 0 Å². The van der Waals surface area contributed by atoms with Gasteiger partial charge in [0.2, 0.25) is 0 Å². The van der Waals surface area contributed by atoms with Crippen molar-refractivity contribution in [2.24, 2.45) is 0 Å². The van der Waals surface area contributed by atoms with Gasteiger partial charge in [-0.05, 0) is 48.6 Å². The third kappa shape index (κ3) is 3.73. The van der Waals surface area contributed by atoms with Crippen LogP contribution in [0.15, 0.2) is 46.1 Å². The Balaban J connectivity index is 1.90. The van der Waals surface area contributed by atoms with E-state index in [-0.39, 0.29) is 5.43 Å². The number of hydrogen-bond acceptors (Lipinski definition) is 2. The highest BCUT2D eigenvalue weighted by molar-refractivity contribution is 7.99. The number of hydrogen-bond donors (Lipinski definition) is 1. The Morgan fingerprint density at radius 2 is 1.74 bits per heavy atom. The van der Waals surface area contributed by atoms with Gasteiger partial charge in [-0.25, -0.2) is 0 Å². The molecule has 2 aromatic carbocycles. The maximum atomic E-state index is 12.6. The van der Waals surface area contributed by atoms with Gasteiger partial charge in [0.25, 0.3) is 0 Å². The number of pyridine rings is 1. The average Bonchev–Trinajstić information content (AvgIpc) is 2.54. The molecule has 0 bridgehead atoms. The van der Waals surface area contributed by atoms with Gasteiger partial charge in [-0.1, -0.05) is 37.8 Å². The van der Waals surface area contributed by atoms with Crippen LogP contribution in [0.1, 0.15) is 32.6 Å². The van der Waals surface area contributed by atoms with Gasteiger partial charge >= 0.3 is 0 Å². The zero-order valence-corrected chi connectivity index (χ0v) is 14.8. The number of benzene rings is 2. The van der Waals surface area contributed by atoms with E-state index in [0.717, 1.165) is 22.2 Å². The number of fused-ring (bicyclic) bond motifs is 2. The summed E-state index contributed by atoms with van der Waals surface area (Å²) in [6, 6.07) is 11.4. The first-order valence-electron chi connectivity index (χ1n) is 8.07. The standard InChI is InChI=1S/C19H20ClNOS/c1-2-3-4-5-10-23-14-7-9-16-18(12-14)21-17-11-13(20)6-8-15(17)19(16)22/h6-9,11-12H,2-5,10H2,1H3,(H,21,22). The van der Waals surface area contributed by atoms with E-state index in [1.165, 1.54) is 30.6 Å². The van der Waals surface area contributed by atoms with Crippen molar-refractivity contribution < 1.29 is 0 Å². The molecule has 4 heteroatoms. The van der Waals surface area contributed by atoms with Crippen LogP contribution in [-0.2, 0) is 0 Å². The number of unbranched alkanes of at least 4 members (excludes halogenated alkanes) is 3. The smallest absolute Gasteiger partial charge is 0.197 e. The summed E-state index contributed by atoms with van der Waals surface area (Å²) < 4.78 is 0.